The van der Waals surface area contributed by atoms with Gasteiger partial charge in [-0.2, -0.15) is 15.3 Å². The van der Waals surface area contributed by atoms with Crippen molar-refractivity contribution in [1.82, 2.24) is 87.1 Å². The average Bonchev–Trinajstić information content (AvgIpc) is 1.61. The monoisotopic (exact) mass is 1780 g/mol. The maximum Gasteiger partial charge on any atom is 1.00 e. The quantitative estimate of drug-likeness (QED) is 0.0801. The smallest absolute Gasteiger partial charge is 0.870 e. The van der Waals surface area contributed by atoms with Crippen molar-refractivity contribution in [2.24, 2.45) is 21.1 Å². The minimum Gasteiger partial charge on any atom is -0.870 e. The van der Waals surface area contributed by atoms with E-state index in [4.69, 9.17) is 60.2 Å². The van der Waals surface area contributed by atoms with Crippen LogP contribution in [-0.4, -0.2) is 225 Å². The zero-order valence-corrected chi connectivity index (χ0v) is 79.3. The Balaban J connectivity index is 0.000000165. The van der Waals surface area contributed by atoms with Gasteiger partial charge >= 0.3 is 36.7 Å². The van der Waals surface area contributed by atoms with Crippen LogP contribution in [0.3, 0.4) is 0 Å². The number of hydrogen-bond acceptors (Lipinski definition) is 26. The number of ether oxygens (including phenoxy) is 3. The van der Waals surface area contributed by atoms with E-state index in [2.05, 4.69) is 121 Å². The summed E-state index contributed by atoms with van der Waals surface area (Å²) in [5, 5.41) is 23.6. The van der Waals surface area contributed by atoms with Crippen LogP contribution in [0.25, 0.3) is 89.6 Å². The molecular formula is C88H106B2ClN21NaO11S2. The van der Waals surface area contributed by atoms with Crippen LogP contribution in [0.4, 0.5) is 17.5 Å². The summed E-state index contributed by atoms with van der Waals surface area (Å²) in [6.07, 6.45) is 9.99. The molecule has 0 spiro atoms. The van der Waals surface area contributed by atoms with Crippen molar-refractivity contribution in [2.75, 3.05) is 80.6 Å². The summed E-state index contributed by atoms with van der Waals surface area (Å²) >= 11 is 6.29. The first-order chi connectivity index (χ1) is 58.6. The summed E-state index contributed by atoms with van der Waals surface area (Å²) in [5.41, 5.74) is 16.4. The Labute approximate surface area is 764 Å². The van der Waals surface area contributed by atoms with E-state index in [-0.39, 0.29) is 102 Å². The minimum absolute atomic E-state index is 0. The number of aliphatic hydroxyl groups is 1. The van der Waals surface area contributed by atoms with Gasteiger partial charge in [-0.1, -0.05) is 35.4 Å². The number of aromatic nitrogens is 18. The Morgan fingerprint density at radius 2 is 0.865 bits per heavy atom. The zero-order valence-electron chi connectivity index (χ0n) is 74.9. The second-order valence-electron chi connectivity index (χ2n) is 32.2. The van der Waals surface area contributed by atoms with Gasteiger partial charge in [0, 0.05) is 167 Å². The van der Waals surface area contributed by atoms with Gasteiger partial charge in [-0.25, -0.2) is 69.6 Å². The predicted octanol–water partition coefficient (Wildman–Crippen LogP) is 9.24. The Kier molecular flexibility index (Phi) is 30.3. The van der Waals surface area contributed by atoms with Crippen molar-refractivity contribution in [3.05, 3.63) is 191 Å². The van der Waals surface area contributed by atoms with E-state index in [1.165, 1.54) is 14.1 Å². The molecule has 2 aromatic carbocycles. The first-order valence-electron chi connectivity index (χ1n) is 40.9. The maximum atomic E-state index is 13.6. The third-order valence-electron chi connectivity index (χ3n) is 23.2. The molecule has 32 nitrogen and oxygen atoms in total. The molecule has 4 fully saturated rings. The number of halogens is 1. The SMILES string of the molecule is CCO.Cc1ccc(S(=O)(=O)n2ccc3c(-c4cc(N5CCOC[C@H]5C)nc(-c5c(C)nn(C)c5C)n4)ccnc32)cc1.Cc1ccc(S(=O)(=O)n2ccc3c(-c4cc(N5CCOC[C@H]5C)nc(Cl)n4)ccnc32)cc1.Cc1nn(C)c(C)c1-c1nc(-c2ccnc3[nH]ccc23)cc(N2CCOC[C@H]2C)n1.Cc1nn(C)c(C)c1B1OC(C)(C)C(C)(C)O1.[B].[Na+].[OH-]. The molecule has 4 aliphatic heterocycles. The molecule has 38 heteroatoms. The Bertz CT molecular complexity index is 6450. The number of morpholine rings is 3. The summed E-state index contributed by atoms with van der Waals surface area (Å²) in [4.78, 5) is 52.3. The van der Waals surface area contributed by atoms with Crippen molar-refractivity contribution in [1.29, 1.82) is 0 Å². The summed E-state index contributed by atoms with van der Waals surface area (Å²) in [5.74, 6) is 3.68. The van der Waals surface area contributed by atoms with Gasteiger partial charge < -0.3 is 53.8 Å². The number of hydrogen-bond donors (Lipinski definition) is 2. The molecule has 0 bridgehead atoms. The number of rotatable bonds is 13. The van der Waals surface area contributed by atoms with Crippen LogP contribution in [0.2, 0.25) is 5.28 Å². The van der Waals surface area contributed by atoms with E-state index < -0.39 is 20.0 Å². The maximum absolute atomic E-state index is 13.6. The largest absolute Gasteiger partial charge is 1.00 e. The molecule has 0 amide bonds. The van der Waals surface area contributed by atoms with Gasteiger partial charge in [-0.15, -0.1) is 0 Å². The number of anilines is 3. The van der Waals surface area contributed by atoms with Crippen molar-refractivity contribution < 1.29 is 80.5 Å². The molecule has 3 radical (unpaired) electrons. The van der Waals surface area contributed by atoms with Crippen LogP contribution in [0.5, 0.6) is 0 Å². The van der Waals surface area contributed by atoms with E-state index >= 15 is 0 Å². The Hall–Kier alpha value is -10.2. The van der Waals surface area contributed by atoms with Crippen molar-refractivity contribution >= 4 is 103 Å². The first kappa shape index (κ1) is 96.5. The fourth-order valence-electron chi connectivity index (χ4n) is 15.5. The van der Waals surface area contributed by atoms with Gasteiger partial charge in [0.25, 0.3) is 20.0 Å². The van der Waals surface area contributed by atoms with Gasteiger partial charge in [-0.05, 0) is 183 Å². The molecule has 126 heavy (non-hydrogen) atoms. The molecule has 12 aromatic heterocycles. The van der Waals surface area contributed by atoms with Crippen LogP contribution >= 0.6 is 11.6 Å². The second kappa shape index (κ2) is 39.6. The molecule has 0 aliphatic carbocycles. The molecule has 3 N–H and O–H groups in total. The van der Waals surface area contributed by atoms with E-state index in [1.54, 1.807) is 92.2 Å². The normalized spacial score (nSPS) is 16.8. The number of H-pyrrole nitrogens is 1. The minimum atomic E-state index is -3.84. The van der Waals surface area contributed by atoms with E-state index in [1.807, 2.05) is 126 Å². The average molecular weight is 1780 g/mol. The molecule has 655 valence electrons. The third-order valence-corrected chi connectivity index (χ3v) is 26.7. The number of fused-ring (bicyclic) bond motifs is 3. The van der Waals surface area contributed by atoms with Gasteiger partial charge in [0.2, 0.25) is 5.28 Å². The Morgan fingerprint density at radius 1 is 0.500 bits per heavy atom. The third kappa shape index (κ3) is 19.6. The Morgan fingerprint density at radius 3 is 1.24 bits per heavy atom. The van der Waals surface area contributed by atoms with Crippen LogP contribution in [0, 0.1) is 55.4 Å². The van der Waals surface area contributed by atoms with Crippen molar-refractivity contribution in [2.45, 2.75) is 150 Å². The molecule has 3 atom stereocenters. The van der Waals surface area contributed by atoms with E-state index in [9.17, 15) is 16.8 Å². The summed E-state index contributed by atoms with van der Waals surface area (Å²) in [6.45, 7) is 38.5. The van der Waals surface area contributed by atoms with Crippen LogP contribution < -0.4 is 49.7 Å². The summed E-state index contributed by atoms with van der Waals surface area (Å²) in [6, 6.07) is 31.2. The van der Waals surface area contributed by atoms with Crippen molar-refractivity contribution in [3.63, 3.8) is 0 Å². The topological polar surface area (TPSA) is 370 Å². The molecule has 16 heterocycles. The number of nitrogens with one attached hydrogen (secondary N) is 1. The number of pyridine rings is 3. The van der Waals surface area contributed by atoms with Crippen LogP contribution in [0.15, 0.2) is 150 Å². The van der Waals surface area contributed by atoms with E-state index in [0.717, 1.165) is 113 Å². The molecule has 0 saturated carbocycles. The molecule has 14 aromatic rings. The number of aryl methyl sites for hydroxylation is 8. The molecule has 4 saturated heterocycles. The van der Waals surface area contributed by atoms with Gasteiger partial charge in [-0.3, -0.25) is 14.0 Å². The first-order valence-corrected chi connectivity index (χ1v) is 44.2. The van der Waals surface area contributed by atoms with Gasteiger partial charge in [0.15, 0.2) is 22.9 Å². The van der Waals surface area contributed by atoms with Crippen LogP contribution in [-0.2, 0) is 64.7 Å². The van der Waals surface area contributed by atoms with Gasteiger partial charge in [0.1, 0.15) is 23.1 Å². The fraction of sp³-hybridized carbons (Fsp3) is 0.386. The summed E-state index contributed by atoms with van der Waals surface area (Å²) in [7, 11) is -2.16. The zero-order chi connectivity index (χ0) is 87.9. The van der Waals surface area contributed by atoms with Crippen LogP contribution in [0.1, 0.15) is 101 Å². The van der Waals surface area contributed by atoms with Crippen molar-refractivity contribution in [3.8, 4) is 56.5 Å². The molecule has 4 aliphatic rings. The predicted molar refractivity (Wildman–Crippen MR) is 486 cm³/mol. The number of aliphatic hydroxyl groups excluding tert-OH is 1. The number of benzene rings is 2. The number of nitrogens with zero attached hydrogens (tertiary/aromatic N) is 20. The molecule has 0 unspecified atom stereocenters. The fourth-order valence-corrected chi connectivity index (χ4v) is 18.3. The molecular weight excluding hydrogens is 1670 g/mol. The number of aromatic amines is 1. The molecule has 18 rings (SSSR count). The second-order valence-corrected chi connectivity index (χ2v) is 36.2. The van der Waals surface area contributed by atoms with Gasteiger partial charge in [0.05, 0.1) is 124 Å². The van der Waals surface area contributed by atoms with E-state index in [0.29, 0.717) is 104 Å². The standard InChI is InChI=1S/C29H31N7O3S.C23H22ClN5O3S.C22H25N7O.C12H21BN2O2.C2H6O.B.Na.H2O/c1-18-6-8-22(9-7-18)40(37,38)36-13-11-24-23(10-12-30-29(24)36)25-16-26(35-14-15-39-17-19(35)2)32-28(31-25)27-20(3)33-34(5)21(27)4;1-15-3-5-17(6-4-15)33(30,31)29-10-8-19-18(7-9-25-22(19)29)20-13-21(27-23(24)26-20)28-11-12-32-14-16(28)2;1-13-12-30-10-9-29(13)19-11-18(16-5-7-23-21-17(16)6-8-24-21)25-22(26-19)20-14(2)27-28(4)15(20)3;1-8-10(9(2)15(7)14-8)13-16-11(3,4)12(5,6)17-13;1-2-3;;;/h6-13,16,19H,14-15,17H2,1-5H3;3-10,13,16H,11-12,14H2,1-2H3;5-8,11,13H,9-10,12H2,1-4H3,(H,23,24);1-7H3;3H,2H2,1H3;;;1H2/q;;;;;;+1;/p-1/t19-;16-;13-;;;;;/m111...../s1. The summed E-state index contributed by atoms with van der Waals surface area (Å²) < 4.78 is 90.6.